The molecule has 0 saturated carbocycles. The molecule has 2 rings (SSSR count). The third-order valence-corrected chi connectivity index (χ3v) is 2.81. The number of ether oxygens (including phenoxy) is 1. The molecule has 0 aliphatic heterocycles. The summed E-state index contributed by atoms with van der Waals surface area (Å²) in [6.45, 7) is 4.29. The third kappa shape index (κ3) is 3.29. The van der Waals surface area contributed by atoms with E-state index in [1.807, 2.05) is 19.9 Å². The highest BCUT2D eigenvalue weighted by molar-refractivity contribution is 5.34. The van der Waals surface area contributed by atoms with Gasteiger partial charge in [-0.3, -0.25) is 0 Å². The van der Waals surface area contributed by atoms with Gasteiger partial charge in [0.15, 0.2) is 11.6 Å². The van der Waals surface area contributed by atoms with Gasteiger partial charge in [0.25, 0.3) is 0 Å². The van der Waals surface area contributed by atoms with E-state index in [0.29, 0.717) is 12.4 Å². The molecule has 19 heavy (non-hydrogen) atoms. The SMILES string of the molecule is CCc1cc(CN)cc(Oc2cc(C)ccc2F)n1. The maximum atomic E-state index is 13.6. The van der Waals surface area contributed by atoms with Crippen LogP contribution in [0.4, 0.5) is 4.39 Å². The lowest BCUT2D eigenvalue weighted by molar-refractivity contribution is 0.425. The molecular formula is C15H17FN2O. The third-order valence-electron chi connectivity index (χ3n) is 2.81. The Bertz CT molecular complexity index is 562. The van der Waals surface area contributed by atoms with Gasteiger partial charge >= 0.3 is 0 Å². The minimum Gasteiger partial charge on any atom is -0.436 e. The van der Waals surface area contributed by atoms with E-state index in [-0.39, 0.29) is 5.75 Å². The molecule has 100 valence electrons. The summed E-state index contributed by atoms with van der Waals surface area (Å²) in [5, 5.41) is 0. The molecule has 3 nitrogen and oxygen atoms in total. The largest absolute Gasteiger partial charge is 0.436 e. The van der Waals surface area contributed by atoms with Crippen LogP contribution in [0.3, 0.4) is 0 Å². The van der Waals surface area contributed by atoms with Crippen LogP contribution in [-0.2, 0) is 13.0 Å². The second-order valence-electron chi connectivity index (χ2n) is 4.40. The summed E-state index contributed by atoms with van der Waals surface area (Å²) in [7, 11) is 0. The van der Waals surface area contributed by atoms with Crippen molar-refractivity contribution < 1.29 is 9.13 Å². The van der Waals surface area contributed by atoms with Crippen molar-refractivity contribution in [2.24, 2.45) is 5.73 Å². The first-order chi connectivity index (χ1) is 9.12. The molecule has 0 spiro atoms. The van der Waals surface area contributed by atoms with E-state index in [1.165, 1.54) is 6.07 Å². The van der Waals surface area contributed by atoms with Crippen LogP contribution in [0.5, 0.6) is 11.6 Å². The second-order valence-corrected chi connectivity index (χ2v) is 4.40. The molecule has 0 amide bonds. The molecule has 0 saturated heterocycles. The summed E-state index contributed by atoms with van der Waals surface area (Å²) in [6.07, 6.45) is 0.778. The lowest BCUT2D eigenvalue weighted by Gasteiger charge is -2.09. The molecule has 0 aliphatic carbocycles. The van der Waals surface area contributed by atoms with Gasteiger partial charge in [0.2, 0.25) is 5.88 Å². The van der Waals surface area contributed by atoms with Crippen LogP contribution in [0.2, 0.25) is 0 Å². The summed E-state index contributed by atoms with van der Waals surface area (Å²) >= 11 is 0. The van der Waals surface area contributed by atoms with E-state index in [9.17, 15) is 4.39 Å². The van der Waals surface area contributed by atoms with Crippen molar-refractivity contribution in [1.82, 2.24) is 4.98 Å². The Morgan fingerprint density at radius 2 is 2.05 bits per heavy atom. The van der Waals surface area contributed by atoms with Gasteiger partial charge in [-0.1, -0.05) is 13.0 Å². The minimum absolute atomic E-state index is 0.184. The van der Waals surface area contributed by atoms with E-state index < -0.39 is 5.82 Å². The average molecular weight is 260 g/mol. The number of aromatic nitrogens is 1. The van der Waals surface area contributed by atoms with Crippen LogP contribution in [-0.4, -0.2) is 4.98 Å². The number of hydrogen-bond acceptors (Lipinski definition) is 3. The van der Waals surface area contributed by atoms with Gasteiger partial charge in [-0.05, 0) is 42.7 Å². The lowest BCUT2D eigenvalue weighted by Crippen LogP contribution is -2.01. The predicted octanol–water partition coefficient (Wildman–Crippen LogP) is 3.34. The molecule has 0 unspecified atom stereocenters. The summed E-state index contributed by atoms with van der Waals surface area (Å²) < 4.78 is 19.2. The highest BCUT2D eigenvalue weighted by atomic mass is 19.1. The normalized spacial score (nSPS) is 10.5. The van der Waals surface area contributed by atoms with Crippen LogP contribution >= 0.6 is 0 Å². The fourth-order valence-electron chi connectivity index (χ4n) is 1.77. The Labute approximate surface area is 112 Å². The van der Waals surface area contributed by atoms with Gasteiger partial charge in [0.05, 0.1) is 0 Å². The standard InChI is InChI=1S/C15H17FN2O/c1-3-12-7-11(9-17)8-15(18-12)19-14-6-10(2)4-5-13(14)16/h4-8H,3,9,17H2,1-2H3. The van der Waals surface area contributed by atoms with Gasteiger partial charge < -0.3 is 10.5 Å². The Morgan fingerprint density at radius 1 is 1.26 bits per heavy atom. The molecule has 0 fully saturated rings. The van der Waals surface area contributed by atoms with Crippen molar-refractivity contribution >= 4 is 0 Å². The first-order valence-electron chi connectivity index (χ1n) is 6.26. The fourth-order valence-corrected chi connectivity index (χ4v) is 1.77. The summed E-state index contributed by atoms with van der Waals surface area (Å²) in [4.78, 5) is 4.32. The molecule has 0 bridgehead atoms. The zero-order valence-corrected chi connectivity index (χ0v) is 11.1. The Hall–Kier alpha value is -1.94. The zero-order chi connectivity index (χ0) is 13.8. The maximum Gasteiger partial charge on any atom is 0.219 e. The molecule has 0 atom stereocenters. The monoisotopic (exact) mass is 260 g/mol. The van der Waals surface area contributed by atoms with E-state index in [2.05, 4.69) is 4.98 Å². The number of pyridine rings is 1. The number of aryl methyl sites for hydroxylation is 2. The quantitative estimate of drug-likeness (QED) is 0.917. The predicted molar refractivity (Wildman–Crippen MR) is 72.7 cm³/mol. The average Bonchev–Trinajstić information content (AvgIpc) is 2.42. The molecule has 4 heteroatoms. The lowest BCUT2D eigenvalue weighted by atomic mass is 10.2. The fraction of sp³-hybridized carbons (Fsp3) is 0.267. The van der Waals surface area contributed by atoms with Crippen molar-refractivity contribution in [1.29, 1.82) is 0 Å². The molecule has 1 heterocycles. The minimum atomic E-state index is -0.399. The van der Waals surface area contributed by atoms with Crippen LogP contribution < -0.4 is 10.5 Å². The van der Waals surface area contributed by atoms with E-state index >= 15 is 0 Å². The molecule has 0 radical (unpaired) electrons. The number of halogens is 1. The first-order valence-corrected chi connectivity index (χ1v) is 6.26. The van der Waals surface area contributed by atoms with Crippen LogP contribution in [0, 0.1) is 12.7 Å². The van der Waals surface area contributed by atoms with Crippen molar-refractivity contribution in [2.45, 2.75) is 26.8 Å². The maximum absolute atomic E-state index is 13.6. The van der Waals surface area contributed by atoms with Crippen molar-refractivity contribution in [2.75, 3.05) is 0 Å². The van der Waals surface area contributed by atoms with Crippen LogP contribution in [0.25, 0.3) is 0 Å². The van der Waals surface area contributed by atoms with Crippen LogP contribution in [0.1, 0.15) is 23.7 Å². The molecule has 1 aromatic carbocycles. The van der Waals surface area contributed by atoms with E-state index in [1.54, 1.807) is 18.2 Å². The van der Waals surface area contributed by atoms with Crippen molar-refractivity contribution in [3.8, 4) is 11.6 Å². The first kappa shape index (κ1) is 13.5. The highest BCUT2D eigenvalue weighted by Crippen LogP contribution is 2.25. The van der Waals surface area contributed by atoms with Gasteiger partial charge in [-0.15, -0.1) is 0 Å². The summed E-state index contributed by atoms with van der Waals surface area (Å²) in [6, 6.07) is 8.40. The highest BCUT2D eigenvalue weighted by Gasteiger charge is 2.08. The number of hydrogen-bond donors (Lipinski definition) is 1. The number of benzene rings is 1. The number of rotatable bonds is 4. The number of nitrogens with zero attached hydrogens (tertiary/aromatic N) is 1. The van der Waals surface area contributed by atoms with Gasteiger partial charge in [-0.2, -0.15) is 0 Å². The van der Waals surface area contributed by atoms with Crippen molar-refractivity contribution in [3.63, 3.8) is 0 Å². The summed E-state index contributed by atoms with van der Waals surface area (Å²) in [5.41, 5.74) is 8.37. The Balaban J connectivity index is 2.34. The van der Waals surface area contributed by atoms with Gasteiger partial charge in [0.1, 0.15) is 0 Å². The zero-order valence-electron chi connectivity index (χ0n) is 11.1. The van der Waals surface area contributed by atoms with Gasteiger partial charge in [-0.25, -0.2) is 9.37 Å². The molecule has 2 aromatic rings. The Morgan fingerprint density at radius 3 is 2.74 bits per heavy atom. The smallest absolute Gasteiger partial charge is 0.219 e. The number of nitrogens with two attached hydrogens (primary N) is 1. The molecule has 1 aromatic heterocycles. The van der Waals surface area contributed by atoms with Crippen molar-refractivity contribution in [3.05, 3.63) is 53.0 Å². The second kappa shape index (κ2) is 5.80. The van der Waals surface area contributed by atoms with Gasteiger partial charge in [0, 0.05) is 18.3 Å². The topological polar surface area (TPSA) is 48.1 Å². The Kier molecular flexibility index (Phi) is 4.12. The van der Waals surface area contributed by atoms with Crippen LogP contribution in [0.15, 0.2) is 30.3 Å². The molecule has 2 N–H and O–H groups in total. The van der Waals surface area contributed by atoms with E-state index in [0.717, 1.165) is 23.2 Å². The summed E-state index contributed by atoms with van der Waals surface area (Å²) in [5.74, 6) is 0.164. The molecule has 0 aliphatic rings. The molecular weight excluding hydrogens is 243 g/mol. The van der Waals surface area contributed by atoms with E-state index in [4.69, 9.17) is 10.5 Å².